The van der Waals surface area contributed by atoms with Crippen molar-refractivity contribution >= 4 is 11.8 Å². The molecule has 1 rings (SSSR count). The molecule has 11 heteroatoms. The van der Waals surface area contributed by atoms with Gasteiger partial charge in [-0.2, -0.15) is 5.26 Å². The Balaban J connectivity index is 2.36. The van der Waals surface area contributed by atoms with Crippen molar-refractivity contribution in [3.05, 3.63) is 0 Å². The molecular formula is C24H45N5O6. The first-order valence-corrected chi connectivity index (χ1v) is 12.7. The monoisotopic (exact) mass is 499 g/mol. The number of nitrogens with one attached hydrogen (secondary N) is 2. The van der Waals surface area contributed by atoms with Crippen molar-refractivity contribution < 1.29 is 30.0 Å². The van der Waals surface area contributed by atoms with Gasteiger partial charge in [0.25, 0.3) is 0 Å². The lowest BCUT2D eigenvalue weighted by Crippen LogP contribution is -2.61. The van der Waals surface area contributed by atoms with Gasteiger partial charge in [0.05, 0.1) is 24.4 Å². The molecule has 1 fully saturated rings. The van der Waals surface area contributed by atoms with E-state index in [0.29, 0.717) is 58.4 Å². The van der Waals surface area contributed by atoms with Gasteiger partial charge in [0, 0.05) is 26.2 Å². The van der Waals surface area contributed by atoms with Crippen LogP contribution in [-0.2, 0) is 9.59 Å². The average molecular weight is 500 g/mol. The molecule has 0 radical (unpaired) electrons. The Morgan fingerprint density at radius 2 is 1.11 bits per heavy atom. The van der Waals surface area contributed by atoms with Crippen molar-refractivity contribution in [3.63, 3.8) is 0 Å². The summed E-state index contributed by atoms with van der Waals surface area (Å²) in [5.74, 6) is -0.382. The number of hydrogen-bond acceptors (Lipinski definition) is 9. The van der Waals surface area contributed by atoms with Crippen LogP contribution in [0.5, 0.6) is 0 Å². The molecule has 1 saturated heterocycles. The molecule has 6 atom stereocenters. The largest absolute Gasteiger partial charge is 0.392 e. The summed E-state index contributed by atoms with van der Waals surface area (Å²) < 4.78 is 0. The zero-order valence-electron chi connectivity index (χ0n) is 21.4. The first-order valence-electron chi connectivity index (χ1n) is 12.7. The summed E-state index contributed by atoms with van der Waals surface area (Å²) in [6.45, 7) is 7.76. The molecular weight excluding hydrogens is 454 g/mol. The van der Waals surface area contributed by atoms with Crippen LogP contribution >= 0.6 is 0 Å². The maximum Gasteiger partial charge on any atom is 0.243 e. The number of nitrogens with zero attached hydrogens (tertiary/aromatic N) is 3. The summed E-state index contributed by atoms with van der Waals surface area (Å²) in [7, 11) is 0. The lowest BCUT2D eigenvalue weighted by molar-refractivity contribution is -0.137. The molecule has 6 unspecified atom stereocenters. The highest BCUT2D eigenvalue weighted by atomic mass is 16.3. The van der Waals surface area contributed by atoms with E-state index in [4.69, 9.17) is 5.26 Å². The molecule has 0 aromatic rings. The van der Waals surface area contributed by atoms with Crippen LogP contribution in [0.25, 0.3) is 0 Å². The molecule has 2 amide bonds. The minimum atomic E-state index is -1.12. The first-order chi connectivity index (χ1) is 16.5. The number of carbonyl (C=O) groups excluding carboxylic acids is 2. The molecule has 0 aromatic carbocycles. The number of rotatable bonds is 18. The first kappa shape index (κ1) is 31.2. The summed E-state index contributed by atoms with van der Waals surface area (Å²) in [4.78, 5) is 28.8. The highest BCUT2D eigenvalue weighted by Crippen LogP contribution is 2.12. The molecule has 35 heavy (non-hydrogen) atoms. The summed E-state index contributed by atoms with van der Waals surface area (Å²) in [6.07, 6.45) is 1.22. The van der Waals surface area contributed by atoms with Crippen LogP contribution in [0, 0.1) is 11.3 Å². The molecule has 0 spiro atoms. The topological polar surface area (TPSA) is 169 Å². The van der Waals surface area contributed by atoms with Crippen molar-refractivity contribution in [3.8, 4) is 6.07 Å². The number of aliphatic hydroxyl groups is 4. The van der Waals surface area contributed by atoms with Crippen LogP contribution in [0.15, 0.2) is 0 Å². The fourth-order valence-electron chi connectivity index (χ4n) is 4.37. The van der Waals surface area contributed by atoms with Crippen molar-refractivity contribution in [2.75, 3.05) is 39.3 Å². The zero-order chi connectivity index (χ0) is 26.4. The van der Waals surface area contributed by atoms with Crippen molar-refractivity contribution in [1.29, 1.82) is 5.26 Å². The third-order valence-corrected chi connectivity index (χ3v) is 5.85. The van der Waals surface area contributed by atoms with Crippen molar-refractivity contribution in [2.24, 2.45) is 0 Å². The molecule has 0 bridgehead atoms. The fraction of sp³-hybridized carbons (Fsp3) is 0.875. The third kappa shape index (κ3) is 13.8. The standard InChI is InChI=1S/C24H45N5O6/c1-17(30)13-28(14-18(2)31)10-6-4-8-21-23(34)27-22(24(35)26-21)9-5-7-11-29(15-19(3)32)16-20(33)12-25/h17-22,30-33H,4-11,13-16H2,1-3H3,(H,26,35)(H,27,34). The number of amides is 2. The highest BCUT2D eigenvalue weighted by molar-refractivity contribution is 5.96. The van der Waals surface area contributed by atoms with E-state index >= 15 is 0 Å². The van der Waals surface area contributed by atoms with Gasteiger partial charge >= 0.3 is 0 Å². The van der Waals surface area contributed by atoms with E-state index < -0.39 is 36.5 Å². The number of nitriles is 1. The Hall–Kier alpha value is -1.81. The van der Waals surface area contributed by atoms with E-state index in [-0.39, 0.29) is 18.4 Å². The molecule has 11 nitrogen and oxygen atoms in total. The van der Waals surface area contributed by atoms with Gasteiger partial charge in [-0.05, 0) is 72.4 Å². The van der Waals surface area contributed by atoms with Crippen LogP contribution in [0.4, 0.5) is 0 Å². The second-order valence-electron chi connectivity index (χ2n) is 9.83. The minimum Gasteiger partial charge on any atom is -0.392 e. The Morgan fingerprint density at radius 3 is 1.46 bits per heavy atom. The Kier molecular flexibility index (Phi) is 15.0. The van der Waals surface area contributed by atoms with E-state index in [9.17, 15) is 30.0 Å². The molecule has 6 N–H and O–H groups in total. The van der Waals surface area contributed by atoms with Gasteiger partial charge in [-0.15, -0.1) is 0 Å². The highest BCUT2D eigenvalue weighted by Gasteiger charge is 2.32. The lowest BCUT2D eigenvalue weighted by Gasteiger charge is -2.30. The van der Waals surface area contributed by atoms with E-state index in [0.717, 1.165) is 12.8 Å². The predicted molar refractivity (Wildman–Crippen MR) is 131 cm³/mol. The molecule has 0 aliphatic carbocycles. The number of unbranched alkanes of at least 4 members (excludes halogenated alkanes) is 2. The number of carbonyl (C=O) groups is 2. The second-order valence-corrected chi connectivity index (χ2v) is 9.83. The van der Waals surface area contributed by atoms with Gasteiger partial charge in [-0.25, -0.2) is 0 Å². The zero-order valence-corrected chi connectivity index (χ0v) is 21.4. The van der Waals surface area contributed by atoms with Crippen molar-refractivity contribution in [1.82, 2.24) is 20.4 Å². The van der Waals surface area contributed by atoms with Gasteiger partial charge in [-0.3, -0.25) is 19.4 Å². The van der Waals surface area contributed by atoms with E-state index in [1.807, 2.05) is 9.80 Å². The summed E-state index contributed by atoms with van der Waals surface area (Å²) in [6, 6.07) is 0.631. The normalized spacial score (nSPS) is 21.8. The van der Waals surface area contributed by atoms with E-state index in [1.165, 1.54) is 0 Å². The van der Waals surface area contributed by atoms with Crippen molar-refractivity contribution in [2.45, 2.75) is 95.8 Å². The SMILES string of the molecule is CC(O)CN(CCCCC1NC(=O)C(CCCCN(CC(C)O)CC(O)C#N)NC1=O)CC(C)O. The second kappa shape index (κ2) is 16.8. The molecule has 202 valence electrons. The molecule has 1 aliphatic rings. The van der Waals surface area contributed by atoms with Gasteiger partial charge in [0.1, 0.15) is 12.1 Å². The maximum atomic E-state index is 12.5. The summed E-state index contributed by atoms with van der Waals surface area (Å²) in [5.41, 5.74) is 0. The Morgan fingerprint density at radius 1 is 0.743 bits per heavy atom. The fourth-order valence-corrected chi connectivity index (χ4v) is 4.37. The summed E-state index contributed by atoms with van der Waals surface area (Å²) in [5, 5.41) is 52.8. The molecule has 0 saturated carbocycles. The smallest absolute Gasteiger partial charge is 0.243 e. The Labute approximate surface area is 209 Å². The molecule has 1 heterocycles. The average Bonchev–Trinajstić information content (AvgIpc) is 2.75. The number of aliphatic hydroxyl groups excluding tert-OH is 4. The maximum absolute atomic E-state index is 12.5. The Bertz CT molecular complexity index is 659. The van der Waals surface area contributed by atoms with Crippen LogP contribution in [0.3, 0.4) is 0 Å². The minimum absolute atomic E-state index is 0.152. The van der Waals surface area contributed by atoms with Crippen LogP contribution < -0.4 is 10.6 Å². The quantitative estimate of drug-likeness (QED) is 0.102. The van der Waals surface area contributed by atoms with Crippen LogP contribution in [0.1, 0.15) is 59.3 Å². The van der Waals surface area contributed by atoms with Crippen LogP contribution in [0.2, 0.25) is 0 Å². The van der Waals surface area contributed by atoms with E-state index in [2.05, 4.69) is 10.6 Å². The van der Waals surface area contributed by atoms with Crippen LogP contribution in [-0.4, -0.2) is 118 Å². The third-order valence-electron chi connectivity index (χ3n) is 5.85. The number of piperazine rings is 1. The number of hydrogen-bond donors (Lipinski definition) is 6. The molecule has 0 aromatic heterocycles. The predicted octanol–water partition coefficient (Wildman–Crippen LogP) is -1.06. The van der Waals surface area contributed by atoms with Gasteiger partial charge in [0.15, 0.2) is 6.10 Å². The van der Waals surface area contributed by atoms with Gasteiger partial charge < -0.3 is 31.1 Å². The summed E-state index contributed by atoms with van der Waals surface area (Å²) >= 11 is 0. The molecule has 1 aliphatic heterocycles. The lowest BCUT2D eigenvalue weighted by atomic mass is 10.0. The van der Waals surface area contributed by atoms with Gasteiger partial charge in [0.2, 0.25) is 11.8 Å². The van der Waals surface area contributed by atoms with E-state index in [1.54, 1.807) is 26.8 Å². The van der Waals surface area contributed by atoms with Gasteiger partial charge in [-0.1, -0.05) is 0 Å².